The van der Waals surface area contributed by atoms with Crippen molar-refractivity contribution in [3.8, 4) is 27.6 Å². The van der Waals surface area contributed by atoms with Crippen molar-refractivity contribution >= 4 is 23.2 Å². The van der Waals surface area contributed by atoms with Crippen LogP contribution in [0.5, 0.6) is 5.75 Å². The fourth-order valence-corrected chi connectivity index (χ4v) is 6.51. The summed E-state index contributed by atoms with van der Waals surface area (Å²) in [5, 5.41) is 8.26. The SMILES string of the molecule is CCCN1Cc2nc(CCc3ccc(F)cc3)c(-c3nnc(C)o3)c(-c3ccc(C(N)=O)s3)c2C1=O.c1ccc2c(c1)CCO2. The van der Waals surface area contributed by atoms with E-state index in [0.717, 1.165) is 30.8 Å². The second-order valence-corrected chi connectivity index (χ2v) is 11.9. The van der Waals surface area contributed by atoms with Gasteiger partial charge in [-0.3, -0.25) is 14.6 Å². The van der Waals surface area contributed by atoms with E-state index in [2.05, 4.69) is 16.3 Å². The third-order valence-electron chi connectivity index (χ3n) is 7.68. The number of carbonyl (C=O) groups is 2. The minimum Gasteiger partial charge on any atom is -0.493 e. The van der Waals surface area contributed by atoms with E-state index in [-0.39, 0.29) is 17.6 Å². The van der Waals surface area contributed by atoms with E-state index < -0.39 is 5.91 Å². The molecule has 45 heavy (non-hydrogen) atoms. The number of hydrogen-bond donors (Lipinski definition) is 1. The van der Waals surface area contributed by atoms with Gasteiger partial charge in [-0.15, -0.1) is 21.5 Å². The molecule has 0 aliphatic carbocycles. The van der Waals surface area contributed by atoms with Crippen LogP contribution < -0.4 is 10.5 Å². The highest BCUT2D eigenvalue weighted by molar-refractivity contribution is 7.17. The number of ether oxygens (including phenoxy) is 1. The van der Waals surface area contributed by atoms with Crippen LogP contribution in [-0.4, -0.2) is 45.0 Å². The first-order valence-corrected chi connectivity index (χ1v) is 15.6. The third-order valence-corrected chi connectivity index (χ3v) is 8.80. The van der Waals surface area contributed by atoms with E-state index in [4.69, 9.17) is 19.9 Å². The van der Waals surface area contributed by atoms with Crippen molar-refractivity contribution < 1.29 is 23.1 Å². The molecule has 0 fully saturated rings. The lowest BCUT2D eigenvalue weighted by Crippen LogP contribution is -2.24. The fourth-order valence-electron chi connectivity index (χ4n) is 5.59. The van der Waals surface area contributed by atoms with Gasteiger partial charge in [0.2, 0.25) is 11.8 Å². The molecule has 0 radical (unpaired) electrons. The number of rotatable bonds is 8. The Morgan fingerprint density at radius 2 is 1.82 bits per heavy atom. The smallest absolute Gasteiger partial charge is 0.258 e. The lowest BCUT2D eigenvalue weighted by Gasteiger charge is -2.15. The molecule has 5 heterocycles. The summed E-state index contributed by atoms with van der Waals surface area (Å²) < 4.78 is 24.6. The molecule has 5 aromatic rings. The fraction of sp³-hybridized carbons (Fsp3) is 0.265. The molecule has 11 heteroatoms. The van der Waals surface area contributed by atoms with Crippen LogP contribution >= 0.6 is 11.3 Å². The molecule has 9 nitrogen and oxygen atoms in total. The standard InChI is InChI=1S/C26H24FN5O3S.C8H8O/c1-3-12-32-13-18-22(26(32)34)23(19-10-11-20(36-19)24(28)33)21(25-31-30-14(2)35-25)17(29-18)9-6-15-4-7-16(27)8-5-15;1-2-4-8-7(3-1)5-6-9-8/h4-5,7-8,10-11H,3,6,9,12-13H2,1-2H3,(H2,28,33);1-4H,5-6H2. The zero-order chi connectivity index (χ0) is 31.5. The summed E-state index contributed by atoms with van der Waals surface area (Å²) >= 11 is 1.21. The van der Waals surface area contributed by atoms with E-state index >= 15 is 0 Å². The molecule has 0 atom stereocenters. The van der Waals surface area contributed by atoms with Crippen molar-refractivity contribution in [2.75, 3.05) is 13.2 Å². The van der Waals surface area contributed by atoms with Gasteiger partial charge in [-0.1, -0.05) is 37.3 Å². The summed E-state index contributed by atoms with van der Waals surface area (Å²) in [7, 11) is 0. The van der Waals surface area contributed by atoms with E-state index in [1.165, 1.54) is 29.0 Å². The van der Waals surface area contributed by atoms with Gasteiger partial charge in [0.25, 0.3) is 11.8 Å². The quantitative estimate of drug-likeness (QED) is 0.218. The molecule has 7 rings (SSSR count). The van der Waals surface area contributed by atoms with Crippen molar-refractivity contribution in [3.63, 3.8) is 0 Å². The highest BCUT2D eigenvalue weighted by atomic mass is 32.1. The number of benzene rings is 2. The number of para-hydroxylation sites is 1. The minimum absolute atomic E-state index is 0.119. The summed E-state index contributed by atoms with van der Waals surface area (Å²) in [4.78, 5) is 33.2. The predicted molar refractivity (Wildman–Crippen MR) is 169 cm³/mol. The maximum absolute atomic E-state index is 13.5. The first-order valence-electron chi connectivity index (χ1n) is 14.8. The number of primary amides is 1. The highest BCUT2D eigenvalue weighted by Gasteiger charge is 2.36. The summed E-state index contributed by atoms with van der Waals surface area (Å²) in [6.07, 6.45) is 2.98. The summed E-state index contributed by atoms with van der Waals surface area (Å²) in [5.41, 5.74) is 10.9. The van der Waals surface area contributed by atoms with Crippen LogP contribution in [0.2, 0.25) is 0 Å². The number of aryl methyl sites for hydroxylation is 3. The van der Waals surface area contributed by atoms with Crippen LogP contribution in [0.1, 0.15) is 61.8 Å². The number of halogens is 1. The van der Waals surface area contributed by atoms with Gasteiger partial charge in [-0.05, 0) is 60.7 Å². The lowest BCUT2D eigenvalue weighted by molar-refractivity contribution is 0.0778. The van der Waals surface area contributed by atoms with E-state index in [1.54, 1.807) is 36.1 Å². The Balaban J connectivity index is 0.000000337. The molecule has 0 unspecified atom stereocenters. The van der Waals surface area contributed by atoms with Crippen molar-refractivity contribution in [2.45, 2.75) is 46.1 Å². The third kappa shape index (κ3) is 6.34. The summed E-state index contributed by atoms with van der Waals surface area (Å²) in [5.74, 6) is 0.744. The van der Waals surface area contributed by atoms with Crippen molar-refractivity contribution in [2.24, 2.45) is 5.73 Å². The predicted octanol–water partition coefficient (Wildman–Crippen LogP) is 6.18. The van der Waals surface area contributed by atoms with Crippen LogP contribution in [-0.2, 0) is 25.8 Å². The number of nitrogens with two attached hydrogens (primary N) is 1. The van der Waals surface area contributed by atoms with Crippen LogP contribution in [0.15, 0.2) is 65.1 Å². The minimum atomic E-state index is -0.539. The van der Waals surface area contributed by atoms with E-state index in [1.807, 2.05) is 25.1 Å². The van der Waals surface area contributed by atoms with Gasteiger partial charge in [0, 0.05) is 30.3 Å². The topological polar surface area (TPSA) is 124 Å². The molecule has 0 spiro atoms. The Morgan fingerprint density at radius 1 is 1.02 bits per heavy atom. The van der Waals surface area contributed by atoms with Crippen molar-refractivity contribution in [3.05, 3.63) is 105 Å². The first kappa shape index (κ1) is 30.1. The molecular weight excluding hydrogens is 593 g/mol. The van der Waals surface area contributed by atoms with Gasteiger partial charge in [0.05, 0.1) is 40.5 Å². The lowest BCUT2D eigenvalue weighted by atomic mass is 9.94. The second kappa shape index (κ2) is 13.0. The molecule has 0 saturated heterocycles. The maximum atomic E-state index is 13.5. The van der Waals surface area contributed by atoms with Gasteiger partial charge in [-0.2, -0.15) is 0 Å². The molecule has 230 valence electrons. The Kier molecular flexibility index (Phi) is 8.70. The van der Waals surface area contributed by atoms with Gasteiger partial charge in [0.1, 0.15) is 11.6 Å². The normalized spacial score (nSPS) is 13.2. The zero-order valence-electron chi connectivity index (χ0n) is 25.0. The molecule has 2 amide bonds. The molecular formula is C34H32FN5O4S. The average molecular weight is 626 g/mol. The molecule has 2 aromatic carbocycles. The monoisotopic (exact) mass is 625 g/mol. The maximum Gasteiger partial charge on any atom is 0.258 e. The number of fused-ring (bicyclic) bond motifs is 2. The number of hydrogen-bond acceptors (Lipinski definition) is 8. The molecule has 0 bridgehead atoms. The number of nitrogens with zero attached hydrogens (tertiary/aromatic N) is 4. The van der Waals surface area contributed by atoms with Crippen LogP contribution in [0, 0.1) is 12.7 Å². The number of aromatic nitrogens is 3. The Bertz CT molecular complexity index is 1840. The van der Waals surface area contributed by atoms with E-state index in [0.29, 0.717) is 69.7 Å². The van der Waals surface area contributed by atoms with Crippen LogP contribution in [0.3, 0.4) is 0 Å². The Labute approximate surface area is 263 Å². The number of amides is 2. The first-order chi connectivity index (χ1) is 21.8. The van der Waals surface area contributed by atoms with Gasteiger partial charge < -0.3 is 19.8 Å². The largest absolute Gasteiger partial charge is 0.493 e. The zero-order valence-corrected chi connectivity index (χ0v) is 25.8. The number of pyridine rings is 1. The summed E-state index contributed by atoms with van der Waals surface area (Å²) in [6, 6.07) is 18.0. The number of carbonyl (C=O) groups excluding carboxylic acids is 2. The molecule has 3 aromatic heterocycles. The second-order valence-electron chi connectivity index (χ2n) is 10.8. The van der Waals surface area contributed by atoms with Crippen LogP contribution in [0.25, 0.3) is 21.9 Å². The average Bonchev–Trinajstić information content (AvgIpc) is 3.84. The summed E-state index contributed by atoms with van der Waals surface area (Å²) in [6.45, 7) is 5.57. The van der Waals surface area contributed by atoms with Crippen molar-refractivity contribution in [1.82, 2.24) is 20.1 Å². The molecule has 2 N–H and O–H groups in total. The van der Waals surface area contributed by atoms with Gasteiger partial charge in [0.15, 0.2) is 0 Å². The van der Waals surface area contributed by atoms with Gasteiger partial charge in [-0.25, -0.2) is 4.39 Å². The molecule has 0 saturated carbocycles. The van der Waals surface area contributed by atoms with E-state index in [9.17, 15) is 14.0 Å². The Morgan fingerprint density at radius 3 is 2.51 bits per heavy atom. The highest BCUT2D eigenvalue weighted by Crippen LogP contribution is 2.43. The van der Waals surface area contributed by atoms with Crippen LogP contribution in [0.4, 0.5) is 4.39 Å². The van der Waals surface area contributed by atoms with Gasteiger partial charge >= 0.3 is 0 Å². The molecule has 2 aliphatic rings. The Hall–Kier alpha value is -4.90. The van der Waals surface area contributed by atoms with Crippen molar-refractivity contribution in [1.29, 1.82) is 0 Å². The number of thiophene rings is 1. The molecule has 2 aliphatic heterocycles.